The number of benzene rings is 1. The summed E-state index contributed by atoms with van der Waals surface area (Å²) in [6.45, 7) is 0. The number of rotatable bonds is 5. The van der Waals surface area contributed by atoms with Gasteiger partial charge in [0.05, 0.1) is 12.9 Å². The van der Waals surface area contributed by atoms with E-state index >= 15 is 0 Å². The number of carbonyl (C=O) groups is 1. The minimum atomic E-state index is -0.349. The summed E-state index contributed by atoms with van der Waals surface area (Å²) < 4.78 is 5.07. The second-order valence-corrected chi connectivity index (χ2v) is 5.01. The van der Waals surface area contributed by atoms with Gasteiger partial charge in [-0.25, -0.2) is 4.98 Å². The van der Waals surface area contributed by atoms with Gasteiger partial charge in [-0.2, -0.15) is 0 Å². The Bertz CT molecular complexity index is 702. The van der Waals surface area contributed by atoms with Crippen LogP contribution in [0.1, 0.15) is 0 Å². The van der Waals surface area contributed by atoms with Crippen LogP contribution in [0.4, 0.5) is 11.5 Å². The highest BCUT2D eigenvalue weighted by molar-refractivity contribution is 7.99. The number of ether oxygens (including phenoxy) is 1. The topological polar surface area (TPSA) is 110 Å². The third-order valence-electron chi connectivity index (χ3n) is 2.43. The number of nitrogens with one attached hydrogen (secondary N) is 2. The molecule has 1 amide bonds. The minimum absolute atomic E-state index is 0.101. The highest BCUT2D eigenvalue weighted by Gasteiger charge is 2.06. The normalized spacial score (nSPS) is 10.1. The van der Waals surface area contributed by atoms with Gasteiger partial charge in [0.1, 0.15) is 11.6 Å². The zero-order chi connectivity index (χ0) is 15.2. The molecule has 0 saturated heterocycles. The van der Waals surface area contributed by atoms with Crippen LogP contribution in [0.5, 0.6) is 5.75 Å². The smallest absolute Gasteiger partial charge is 0.253 e. The average molecular weight is 306 g/mol. The molecule has 1 aromatic heterocycles. The maximum absolute atomic E-state index is 11.8. The zero-order valence-corrected chi connectivity index (χ0v) is 12.1. The first kappa shape index (κ1) is 14.9. The van der Waals surface area contributed by atoms with Crippen LogP contribution in [0.15, 0.2) is 40.3 Å². The molecule has 8 heteroatoms. The van der Waals surface area contributed by atoms with E-state index in [1.54, 1.807) is 31.4 Å². The molecule has 0 aliphatic carbocycles. The molecule has 0 fully saturated rings. The molecule has 2 aromatic rings. The fourth-order valence-corrected chi connectivity index (χ4v) is 2.24. The average Bonchev–Trinajstić information content (AvgIpc) is 2.44. The molecule has 1 heterocycles. The number of anilines is 2. The van der Waals surface area contributed by atoms with Crippen LogP contribution in [0.25, 0.3) is 0 Å². The Morgan fingerprint density at radius 3 is 3.00 bits per heavy atom. The summed E-state index contributed by atoms with van der Waals surface area (Å²) in [7, 11) is 1.55. The molecular formula is C13H14N4O3S. The fraction of sp³-hybridized carbons (Fsp3) is 0.154. The van der Waals surface area contributed by atoms with Crippen molar-refractivity contribution in [2.24, 2.45) is 0 Å². The van der Waals surface area contributed by atoms with Crippen molar-refractivity contribution >= 4 is 29.2 Å². The molecule has 0 spiro atoms. The summed E-state index contributed by atoms with van der Waals surface area (Å²) in [4.78, 5) is 29.5. The van der Waals surface area contributed by atoms with E-state index < -0.39 is 0 Å². The third-order valence-corrected chi connectivity index (χ3v) is 3.31. The van der Waals surface area contributed by atoms with Crippen molar-refractivity contribution < 1.29 is 9.53 Å². The first-order valence-corrected chi connectivity index (χ1v) is 6.99. The number of nitrogens with zero attached hydrogens (tertiary/aromatic N) is 1. The molecule has 2 rings (SSSR count). The summed E-state index contributed by atoms with van der Waals surface area (Å²) in [6, 6.07) is 8.21. The van der Waals surface area contributed by atoms with Crippen LogP contribution in [0.2, 0.25) is 0 Å². The second-order valence-electron chi connectivity index (χ2n) is 4.04. The number of H-pyrrole nitrogens is 1. The van der Waals surface area contributed by atoms with Gasteiger partial charge in [-0.15, -0.1) is 0 Å². The van der Waals surface area contributed by atoms with Crippen LogP contribution in [0, 0.1) is 0 Å². The number of thioether (sulfide) groups is 1. The largest absolute Gasteiger partial charge is 0.497 e. The number of hydrogen-bond acceptors (Lipinski definition) is 6. The molecule has 7 nitrogen and oxygen atoms in total. The van der Waals surface area contributed by atoms with E-state index in [4.69, 9.17) is 10.5 Å². The molecule has 0 atom stereocenters. The number of aromatic nitrogens is 2. The van der Waals surface area contributed by atoms with Gasteiger partial charge in [0.2, 0.25) is 5.91 Å². The Labute approximate surface area is 124 Å². The summed E-state index contributed by atoms with van der Waals surface area (Å²) in [5.41, 5.74) is 5.75. The SMILES string of the molecule is COc1cccc(NC(=O)CSc2nc(N)cc(=O)[nH]2)c1. The Balaban J connectivity index is 1.94. The maximum atomic E-state index is 11.8. The van der Waals surface area contributed by atoms with Crippen molar-refractivity contribution in [2.45, 2.75) is 5.16 Å². The van der Waals surface area contributed by atoms with E-state index in [-0.39, 0.29) is 23.0 Å². The van der Waals surface area contributed by atoms with Crippen LogP contribution in [0.3, 0.4) is 0 Å². The molecule has 21 heavy (non-hydrogen) atoms. The van der Waals surface area contributed by atoms with Gasteiger partial charge in [0, 0.05) is 17.8 Å². The lowest BCUT2D eigenvalue weighted by atomic mass is 10.3. The monoisotopic (exact) mass is 306 g/mol. The van der Waals surface area contributed by atoms with Gasteiger partial charge in [-0.05, 0) is 12.1 Å². The van der Waals surface area contributed by atoms with Crippen molar-refractivity contribution in [3.05, 3.63) is 40.7 Å². The highest BCUT2D eigenvalue weighted by atomic mass is 32.2. The standard InChI is InChI=1S/C13H14N4O3S/c1-20-9-4-2-3-8(5-9)15-12(19)7-21-13-16-10(14)6-11(18)17-13/h2-6H,7H2,1H3,(H,15,19)(H3,14,16,17,18). The summed E-state index contributed by atoms with van der Waals surface area (Å²) >= 11 is 1.10. The molecule has 0 aliphatic rings. The number of carbonyl (C=O) groups excluding carboxylic acids is 1. The number of amides is 1. The number of nitrogens with two attached hydrogens (primary N) is 1. The van der Waals surface area contributed by atoms with Gasteiger partial charge in [-0.1, -0.05) is 17.8 Å². The quantitative estimate of drug-likeness (QED) is 0.563. The number of aromatic amines is 1. The van der Waals surface area contributed by atoms with E-state index in [1.807, 2.05) is 0 Å². The van der Waals surface area contributed by atoms with Crippen LogP contribution in [-0.4, -0.2) is 28.7 Å². The van der Waals surface area contributed by atoms with E-state index in [0.29, 0.717) is 16.6 Å². The predicted octanol–water partition coefficient (Wildman–Crippen LogP) is 1.09. The number of nitrogen functional groups attached to an aromatic ring is 1. The lowest BCUT2D eigenvalue weighted by Crippen LogP contribution is -2.15. The lowest BCUT2D eigenvalue weighted by Gasteiger charge is -2.06. The van der Waals surface area contributed by atoms with Crippen LogP contribution >= 0.6 is 11.8 Å². The second kappa shape index (κ2) is 6.80. The molecule has 0 radical (unpaired) electrons. The summed E-state index contributed by atoms with van der Waals surface area (Å²) in [5, 5.41) is 3.03. The van der Waals surface area contributed by atoms with Gasteiger partial charge >= 0.3 is 0 Å². The van der Waals surface area contributed by atoms with Crippen molar-refractivity contribution in [3.63, 3.8) is 0 Å². The summed E-state index contributed by atoms with van der Waals surface area (Å²) in [6.07, 6.45) is 0. The first-order chi connectivity index (χ1) is 10.1. The Hall–Kier alpha value is -2.48. The lowest BCUT2D eigenvalue weighted by molar-refractivity contribution is -0.113. The Kier molecular flexibility index (Phi) is 4.83. The molecule has 110 valence electrons. The van der Waals surface area contributed by atoms with E-state index in [0.717, 1.165) is 11.8 Å². The van der Waals surface area contributed by atoms with Gasteiger partial charge in [0.15, 0.2) is 5.16 Å². The van der Waals surface area contributed by atoms with Crippen molar-refractivity contribution in [1.29, 1.82) is 0 Å². The highest BCUT2D eigenvalue weighted by Crippen LogP contribution is 2.18. The van der Waals surface area contributed by atoms with E-state index in [2.05, 4.69) is 15.3 Å². The first-order valence-electron chi connectivity index (χ1n) is 6.00. The molecule has 0 unspecified atom stereocenters. The summed E-state index contributed by atoms with van der Waals surface area (Å²) in [5.74, 6) is 0.652. The van der Waals surface area contributed by atoms with Gasteiger partial charge in [0.25, 0.3) is 5.56 Å². The van der Waals surface area contributed by atoms with Crippen molar-refractivity contribution in [2.75, 3.05) is 23.9 Å². The van der Waals surface area contributed by atoms with Gasteiger partial charge in [-0.3, -0.25) is 9.59 Å². The molecule has 0 aliphatic heterocycles. The van der Waals surface area contributed by atoms with Crippen molar-refractivity contribution in [3.8, 4) is 5.75 Å². The molecule has 4 N–H and O–H groups in total. The zero-order valence-electron chi connectivity index (χ0n) is 11.3. The Morgan fingerprint density at radius 2 is 2.29 bits per heavy atom. The fourth-order valence-electron chi connectivity index (χ4n) is 1.55. The predicted molar refractivity (Wildman–Crippen MR) is 81.6 cm³/mol. The number of hydrogen-bond donors (Lipinski definition) is 3. The molecule has 0 saturated carbocycles. The van der Waals surface area contributed by atoms with Gasteiger partial charge < -0.3 is 20.8 Å². The molecule has 1 aromatic carbocycles. The third kappa shape index (κ3) is 4.53. The van der Waals surface area contributed by atoms with Crippen molar-refractivity contribution in [1.82, 2.24) is 9.97 Å². The number of methoxy groups -OCH3 is 1. The molecular weight excluding hydrogens is 292 g/mol. The Morgan fingerprint density at radius 1 is 1.48 bits per heavy atom. The minimum Gasteiger partial charge on any atom is -0.497 e. The van der Waals surface area contributed by atoms with Crippen LogP contribution in [-0.2, 0) is 4.79 Å². The maximum Gasteiger partial charge on any atom is 0.253 e. The molecule has 0 bridgehead atoms. The van der Waals surface area contributed by atoms with E-state index in [1.165, 1.54) is 6.07 Å². The van der Waals surface area contributed by atoms with Crippen LogP contribution < -0.4 is 21.3 Å². The van der Waals surface area contributed by atoms with E-state index in [9.17, 15) is 9.59 Å².